The standard InChI is InChI=1S/C45H44N8O8/c1-4-26-19-31-32(45(2,3)41-39(40(31)56)28-9-8-25(21-46)18-34(28)50-41)20-30(26)27-22-49-52(23-27)24-37(55)48-13-15-61-17-16-60-14-12-47-33-7-5-6-29-38(33)44(59)53(43(29)58)35-10-11-36(54)51-42(35)57/h5-9,18-20,22-23,35,47,50H,4,10-17,24H2,1-3H3,(H,48,55)(H,51,54,57). The van der Waals surface area contributed by atoms with E-state index in [0.29, 0.717) is 48.6 Å². The number of aryl methyl sites for hydroxylation is 1. The number of aromatic nitrogens is 3. The number of piperidine rings is 1. The molecule has 3 aromatic carbocycles. The molecular weight excluding hydrogens is 781 g/mol. The lowest BCUT2D eigenvalue weighted by molar-refractivity contribution is -0.136. The Bertz CT molecular complexity index is 2690. The Morgan fingerprint density at radius 2 is 1.74 bits per heavy atom. The van der Waals surface area contributed by atoms with Crippen LogP contribution < -0.4 is 16.0 Å². The Morgan fingerprint density at radius 3 is 2.49 bits per heavy atom. The molecule has 5 amide bonds. The largest absolute Gasteiger partial charge is 0.382 e. The number of nitriles is 1. The van der Waals surface area contributed by atoms with E-state index in [1.54, 1.807) is 35.1 Å². The van der Waals surface area contributed by atoms with E-state index in [9.17, 15) is 34.0 Å². The summed E-state index contributed by atoms with van der Waals surface area (Å²) >= 11 is 0. The van der Waals surface area contributed by atoms with Gasteiger partial charge in [0.1, 0.15) is 12.6 Å². The second kappa shape index (κ2) is 16.6. The van der Waals surface area contributed by atoms with Crippen LogP contribution in [-0.4, -0.2) is 101 Å². The molecule has 3 aliphatic rings. The van der Waals surface area contributed by atoms with Gasteiger partial charge in [-0.1, -0.05) is 32.9 Å². The van der Waals surface area contributed by atoms with Crippen LogP contribution in [0.5, 0.6) is 0 Å². The molecule has 16 heteroatoms. The van der Waals surface area contributed by atoms with Crippen LogP contribution in [0.15, 0.2) is 60.9 Å². The monoisotopic (exact) mass is 824 g/mol. The van der Waals surface area contributed by atoms with E-state index >= 15 is 0 Å². The van der Waals surface area contributed by atoms with E-state index < -0.39 is 35.1 Å². The first-order valence-electron chi connectivity index (χ1n) is 20.2. The molecule has 1 fully saturated rings. The molecule has 2 aliphatic heterocycles. The molecule has 2 aromatic heterocycles. The number of nitrogens with one attached hydrogen (secondary N) is 4. The van der Waals surface area contributed by atoms with Crippen molar-refractivity contribution in [3.8, 4) is 17.2 Å². The fourth-order valence-electron chi connectivity index (χ4n) is 8.45. The van der Waals surface area contributed by atoms with Crippen LogP contribution in [0.2, 0.25) is 0 Å². The van der Waals surface area contributed by atoms with E-state index in [-0.39, 0.29) is 62.0 Å². The highest BCUT2D eigenvalue weighted by atomic mass is 16.5. The van der Waals surface area contributed by atoms with Crippen molar-refractivity contribution in [1.82, 2.24) is 30.3 Å². The fourth-order valence-corrected chi connectivity index (χ4v) is 8.45. The van der Waals surface area contributed by atoms with Gasteiger partial charge in [0.25, 0.3) is 11.8 Å². The second-order valence-corrected chi connectivity index (χ2v) is 15.7. The topological polar surface area (TPSA) is 218 Å². The van der Waals surface area contributed by atoms with Gasteiger partial charge >= 0.3 is 0 Å². The number of carbonyl (C=O) groups excluding carboxylic acids is 6. The molecule has 1 atom stereocenters. The SMILES string of the molecule is CCc1cc2c(cc1-c1cnn(CC(=O)NCCOCCOCCNc3cccc4c3C(=O)N(C3CCC(=O)NC3=O)C4=O)c1)C(C)(C)c1[nH]c3cc(C#N)ccc3c1C2=O. The molecule has 4 heterocycles. The third-order valence-electron chi connectivity index (χ3n) is 11.5. The molecule has 312 valence electrons. The highest BCUT2D eigenvalue weighted by Crippen LogP contribution is 2.46. The number of nitrogens with zero attached hydrogens (tertiary/aromatic N) is 4. The Kier molecular flexibility index (Phi) is 11.1. The van der Waals surface area contributed by atoms with Crippen LogP contribution >= 0.6 is 0 Å². The molecule has 16 nitrogen and oxygen atoms in total. The minimum absolute atomic E-state index is 0.00886. The van der Waals surface area contributed by atoms with Crippen molar-refractivity contribution in [3.63, 3.8) is 0 Å². The maximum absolute atomic E-state index is 14.0. The zero-order valence-corrected chi connectivity index (χ0v) is 34.0. The van der Waals surface area contributed by atoms with Gasteiger partial charge in [-0.3, -0.25) is 43.7 Å². The van der Waals surface area contributed by atoms with Crippen molar-refractivity contribution >= 4 is 51.9 Å². The first-order valence-corrected chi connectivity index (χ1v) is 20.2. The summed E-state index contributed by atoms with van der Waals surface area (Å²) in [7, 11) is 0. The summed E-state index contributed by atoms with van der Waals surface area (Å²) in [6.07, 6.45) is 4.37. The number of anilines is 1. The van der Waals surface area contributed by atoms with Crippen molar-refractivity contribution in [2.24, 2.45) is 0 Å². The van der Waals surface area contributed by atoms with E-state index in [2.05, 4.69) is 52.0 Å². The van der Waals surface area contributed by atoms with Gasteiger partial charge in [0, 0.05) is 64.5 Å². The Morgan fingerprint density at radius 1 is 0.951 bits per heavy atom. The number of benzene rings is 3. The number of imide groups is 2. The molecule has 0 radical (unpaired) electrons. The van der Waals surface area contributed by atoms with Crippen molar-refractivity contribution in [3.05, 3.63) is 106 Å². The van der Waals surface area contributed by atoms with Gasteiger partial charge in [-0.25, -0.2) is 0 Å². The molecule has 4 N–H and O–H groups in total. The molecular formula is C45H44N8O8. The van der Waals surface area contributed by atoms with E-state index in [1.165, 1.54) is 6.07 Å². The predicted molar refractivity (Wildman–Crippen MR) is 222 cm³/mol. The molecule has 1 aliphatic carbocycles. The van der Waals surface area contributed by atoms with Crippen LogP contribution in [0, 0.1) is 11.3 Å². The lowest BCUT2D eigenvalue weighted by atomic mass is 9.70. The summed E-state index contributed by atoms with van der Waals surface area (Å²) < 4.78 is 12.8. The number of hydrogen-bond donors (Lipinski definition) is 4. The van der Waals surface area contributed by atoms with Gasteiger partial charge in [0.15, 0.2) is 5.78 Å². The zero-order chi connectivity index (χ0) is 43.0. The summed E-state index contributed by atoms with van der Waals surface area (Å²) in [5, 5.41) is 22.9. The average Bonchev–Trinajstić information content (AvgIpc) is 3.95. The van der Waals surface area contributed by atoms with Crippen molar-refractivity contribution in [1.29, 1.82) is 5.26 Å². The Hall–Kier alpha value is -6.96. The third kappa shape index (κ3) is 7.58. The Labute approximate surface area is 350 Å². The van der Waals surface area contributed by atoms with Gasteiger partial charge < -0.3 is 25.1 Å². The number of H-pyrrole nitrogens is 1. The van der Waals surface area contributed by atoms with Gasteiger partial charge in [-0.15, -0.1) is 0 Å². The van der Waals surface area contributed by atoms with Crippen molar-refractivity contribution in [2.45, 2.75) is 58.0 Å². The number of amides is 5. The predicted octanol–water partition coefficient (Wildman–Crippen LogP) is 4.00. The maximum atomic E-state index is 14.0. The summed E-state index contributed by atoms with van der Waals surface area (Å²) in [6, 6.07) is 15.4. The molecule has 0 saturated carbocycles. The second-order valence-electron chi connectivity index (χ2n) is 15.7. The van der Waals surface area contributed by atoms with E-state index in [4.69, 9.17) is 9.47 Å². The number of aromatic amines is 1. The van der Waals surface area contributed by atoms with Gasteiger partial charge in [-0.2, -0.15) is 10.4 Å². The minimum atomic E-state index is -1.04. The lowest BCUT2D eigenvalue weighted by Gasteiger charge is -2.33. The first kappa shape index (κ1) is 40.8. The molecule has 1 saturated heterocycles. The molecule has 8 rings (SSSR count). The van der Waals surface area contributed by atoms with Gasteiger partial charge in [0.05, 0.1) is 60.9 Å². The van der Waals surface area contributed by atoms with Crippen LogP contribution in [0.1, 0.15) is 92.6 Å². The normalized spacial score (nSPS) is 16.6. The molecule has 0 spiro atoms. The highest BCUT2D eigenvalue weighted by Gasteiger charge is 2.46. The minimum Gasteiger partial charge on any atom is -0.382 e. The van der Waals surface area contributed by atoms with Crippen LogP contribution in [0.25, 0.3) is 22.0 Å². The third-order valence-corrected chi connectivity index (χ3v) is 11.5. The fraction of sp³-hybridized carbons (Fsp3) is 0.333. The summed E-state index contributed by atoms with van der Waals surface area (Å²) in [4.78, 5) is 81.4. The summed E-state index contributed by atoms with van der Waals surface area (Å²) in [6.45, 7) is 7.99. The number of fused-ring (bicyclic) bond motifs is 5. The maximum Gasteiger partial charge on any atom is 0.264 e. The quantitative estimate of drug-likeness (QED) is 0.0874. The number of carbonyl (C=O) groups is 6. The van der Waals surface area contributed by atoms with Gasteiger partial charge in [-0.05, 0) is 65.9 Å². The summed E-state index contributed by atoms with van der Waals surface area (Å²) in [5.74, 6) is -2.53. The van der Waals surface area contributed by atoms with Crippen molar-refractivity contribution in [2.75, 3.05) is 44.8 Å². The van der Waals surface area contributed by atoms with Crippen LogP contribution in [0.4, 0.5) is 5.69 Å². The zero-order valence-electron chi connectivity index (χ0n) is 34.0. The molecule has 5 aromatic rings. The Balaban J connectivity index is 0.780. The highest BCUT2D eigenvalue weighted by molar-refractivity contribution is 6.25. The number of ether oxygens (including phenoxy) is 2. The van der Waals surface area contributed by atoms with E-state index in [1.807, 2.05) is 25.3 Å². The first-order chi connectivity index (χ1) is 29.4. The van der Waals surface area contributed by atoms with Crippen LogP contribution in [0.3, 0.4) is 0 Å². The molecule has 0 bridgehead atoms. The number of rotatable bonds is 15. The van der Waals surface area contributed by atoms with E-state index in [0.717, 1.165) is 43.8 Å². The number of hydrogen-bond acceptors (Lipinski definition) is 11. The van der Waals surface area contributed by atoms with Crippen molar-refractivity contribution < 1.29 is 38.2 Å². The average molecular weight is 825 g/mol. The van der Waals surface area contributed by atoms with Crippen LogP contribution in [-0.2, 0) is 42.2 Å². The smallest absolute Gasteiger partial charge is 0.264 e. The number of ketones is 1. The summed E-state index contributed by atoms with van der Waals surface area (Å²) in [5.41, 5.74) is 7.36. The molecule has 1 unspecified atom stereocenters. The lowest BCUT2D eigenvalue weighted by Crippen LogP contribution is -2.54. The molecule has 61 heavy (non-hydrogen) atoms. The van der Waals surface area contributed by atoms with Gasteiger partial charge in [0.2, 0.25) is 17.7 Å².